The third kappa shape index (κ3) is 2.03. The zero-order valence-corrected chi connectivity index (χ0v) is 11.3. The van der Waals surface area contributed by atoms with Gasteiger partial charge in [0.05, 0.1) is 6.54 Å². The van der Waals surface area contributed by atoms with E-state index in [9.17, 15) is 9.59 Å². The van der Waals surface area contributed by atoms with Gasteiger partial charge in [0.1, 0.15) is 6.04 Å². The molecule has 5 heteroatoms. The molecule has 4 nitrogen and oxygen atoms in total. The molecule has 0 aromatic heterocycles. The van der Waals surface area contributed by atoms with Gasteiger partial charge in [0.25, 0.3) is 5.91 Å². The van der Waals surface area contributed by atoms with Gasteiger partial charge in [0, 0.05) is 10.5 Å². The fraction of sp³-hybridized carbons (Fsp3) is 0.385. The summed E-state index contributed by atoms with van der Waals surface area (Å²) in [5.74, 6) is -0.0775. The molecule has 2 amide bonds. The van der Waals surface area contributed by atoms with E-state index >= 15 is 0 Å². The Morgan fingerprint density at radius 2 is 1.94 bits per heavy atom. The van der Waals surface area contributed by atoms with Gasteiger partial charge < -0.3 is 10.2 Å². The monoisotopic (exact) mass is 308 g/mol. The Kier molecular flexibility index (Phi) is 2.86. The smallest absolute Gasteiger partial charge is 0.250 e. The summed E-state index contributed by atoms with van der Waals surface area (Å²) in [6, 6.07) is 7.22. The summed E-state index contributed by atoms with van der Waals surface area (Å²) in [6.45, 7) is 0.199. The van der Waals surface area contributed by atoms with Crippen LogP contribution in [0, 0.1) is 0 Å². The first-order valence-corrected chi connectivity index (χ1v) is 6.80. The summed E-state index contributed by atoms with van der Waals surface area (Å²) >= 11 is 3.43. The largest absolute Gasteiger partial charge is 0.339 e. The van der Waals surface area contributed by atoms with Crippen LogP contribution in [0.1, 0.15) is 24.4 Å². The first-order chi connectivity index (χ1) is 8.66. The molecular formula is C13H13BrN2O2. The molecule has 1 heterocycles. The number of nitrogens with one attached hydrogen (secondary N) is 1. The quantitative estimate of drug-likeness (QED) is 0.902. The number of carbonyl (C=O) groups is 2. The van der Waals surface area contributed by atoms with Gasteiger partial charge in [-0.2, -0.15) is 0 Å². The Morgan fingerprint density at radius 1 is 1.22 bits per heavy atom. The second-order valence-corrected chi connectivity index (χ2v) is 5.57. The molecule has 1 aromatic rings. The first-order valence-electron chi connectivity index (χ1n) is 6.01. The van der Waals surface area contributed by atoms with Crippen molar-refractivity contribution < 1.29 is 9.59 Å². The number of hydrogen-bond acceptors (Lipinski definition) is 2. The first kappa shape index (κ1) is 11.7. The molecule has 2 fully saturated rings. The second-order valence-electron chi connectivity index (χ2n) is 4.72. The molecule has 1 saturated heterocycles. The van der Waals surface area contributed by atoms with Gasteiger partial charge in [0.15, 0.2) is 0 Å². The zero-order valence-electron chi connectivity index (χ0n) is 9.73. The topological polar surface area (TPSA) is 49.4 Å². The molecule has 1 N–H and O–H groups in total. The van der Waals surface area contributed by atoms with Gasteiger partial charge in [-0.3, -0.25) is 9.59 Å². The fourth-order valence-electron chi connectivity index (χ4n) is 2.28. The minimum Gasteiger partial charge on any atom is -0.339 e. The Hall–Kier alpha value is -1.36. The fourth-order valence-corrected chi connectivity index (χ4v) is 2.80. The molecule has 1 aromatic carbocycles. The summed E-state index contributed by atoms with van der Waals surface area (Å²) in [4.78, 5) is 25.8. The van der Waals surface area contributed by atoms with Gasteiger partial charge in [0.2, 0.25) is 5.91 Å². The van der Waals surface area contributed by atoms with E-state index in [2.05, 4.69) is 21.2 Å². The van der Waals surface area contributed by atoms with Crippen molar-refractivity contribution >= 4 is 27.7 Å². The molecule has 1 aliphatic carbocycles. The molecule has 1 unspecified atom stereocenters. The molecule has 0 spiro atoms. The van der Waals surface area contributed by atoms with Gasteiger partial charge in [-0.15, -0.1) is 0 Å². The molecule has 0 bridgehead atoms. The van der Waals surface area contributed by atoms with Crippen molar-refractivity contribution in [1.82, 2.24) is 10.2 Å². The maximum absolute atomic E-state index is 12.4. The van der Waals surface area contributed by atoms with Crippen LogP contribution in [-0.4, -0.2) is 29.3 Å². The van der Waals surface area contributed by atoms with Crippen LogP contribution in [-0.2, 0) is 9.59 Å². The highest BCUT2D eigenvalue weighted by atomic mass is 79.9. The minimum atomic E-state index is -0.553. The van der Waals surface area contributed by atoms with Crippen molar-refractivity contribution in [2.45, 2.75) is 24.9 Å². The summed E-state index contributed by atoms with van der Waals surface area (Å²) in [5, 5.41) is 2.78. The van der Waals surface area contributed by atoms with Crippen LogP contribution in [0.15, 0.2) is 28.7 Å². The number of benzene rings is 1. The normalized spacial score (nSPS) is 24.1. The highest BCUT2D eigenvalue weighted by Gasteiger charge is 2.41. The highest BCUT2D eigenvalue weighted by molar-refractivity contribution is 9.10. The lowest BCUT2D eigenvalue weighted by Gasteiger charge is -2.33. The molecule has 3 rings (SSSR count). The second kappa shape index (κ2) is 4.39. The Morgan fingerprint density at radius 3 is 2.61 bits per heavy atom. The number of hydrogen-bond donors (Lipinski definition) is 1. The highest BCUT2D eigenvalue weighted by Crippen LogP contribution is 2.33. The number of piperazine rings is 1. The predicted octanol–water partition coefficient (Wildman–Crippen LogP) is 1.61. The van der Waals surface area contributed by atoms with Crippen LogP contribution >= 0.6 is 15.9 Å². The van der Waals surface area contributed by atoms with Crippen LogP contribution in [0.5, 0.6) is 0 Å². The van der Waals surface area contributed by atoms with E-state index < -0.39 is 6.04 Å². The average molecular weight is 309 g/mol. The molecule has 94 valence electrons. The lowest BCUT2D eigenvalue weighted by molar-refractivity contribution is -0.145. The number of carbonyl (C=O) groups excluding carboxylic acids is 2. The standard InChI is InChI=1S/C13H13BrN2O2/c14-10-4-2-1-3-9(10)12-13(18)16(8-5-6-8)7-11(17)15-12/h1-4,8,12H,5-7H2,(H,15,17). The Bertz CT molecular complexity index is 513. The van der Waals surface area contributed by atoms with Crippen molar-refractivity contribution in [1.29, 1.82) is 0 Å². The van der Waals surface area contributed by atoms with E-state index in [1.54, 1.807) is 4.90 Å². The van der Waals surface area contributed by atoms with E-state index in [1.165, 1.54) is 0 Å². The third-order valence-corrected chi connectivity index (χ3v) is 4.08. The van der Waals surface area contributed by atoms with Crippen LogP contribution in [0.3, 0.4) is 0 Å². The van der Waals surface area contributed by atoms with E-state index in [0.29, 0.717) is 0 Å². The van der Waals surface area contributed by atoms with Crippen LogP contribution in [0.4, 0.5) is 0 Å². The molecule has 1 saturated carbocycles. The lowest BCUT2D eigenvalue weighted by Crippen LogP contribution is -2.54. The number of halogens is 1. The van der Waals surface area contributed by atoms with Crippen molar-refractivity contribution in [3.8, 4) is 0 Å². The summed E-state index contributed by atoms with van der Waals surface area (Å²) in [7, 11) is 0. The van der Waals surface area contributed by atoms with Gasteiger partial charge in [-0.1, -0.05) is 34.1 Å². The summed E-state index contributed by atoms with van der Waals surface area (Å²) < 4.78 is 0.848. The van der Waals surface area contributed by atoms with E-state index in [0.717, 1.165) is 22.9 Å². The number of amides is 2. The zero-order chi connectivity index (χ0) is 12.7. The molecular weight excluding hydrogens is 296 g/mol. The summed E-state index contributed by atoms with van der Waals surface area (Å²) in [6.07, 6.45) is 2.03. The number of rotatable bonds is 2. The molecule has 2 aliphatic rings. The van der Waals surface area contributed by atoms with Crippen molar-refractivity contribution in [2.75, 3.05) is 6.54 Å². The Labute approximate surface area is 113 Å². The SMILES string of the molecule is O=C1CN(C2CC2)C(=O)C(c2ccccc2Br)N1. The third-order valence-electron chi connectivity index (χ3n) is 3.35. The Balaban J connectivity index is 1.93. The van der Waals surface area contributed by atoms with Crippen LogP contribution < -0.4 is 5.32 Å². The van der Waals surface area contributed by atoms with Crippen molar-refractivity contribution in [3.05, 3.63) is 34.3 Å². The average Bonchev–Trinajstić information content (AvgIpc) is 3.17. The van der Waals surface area contributed by atoms with Crippen molar-refractivity contribution in [3.63, 3.8) is 0 Å². The predicted molar refractivity (Wildman–Crippen MR) is 69.8 cm³/mol. The van der Waals surface area contributed by atoms with Gasteiger partial charge in [-0.25, -0.2) is 0 Å². The molecule has 1 aliphatic heterocycles. The maximum atomic E-state index is 12.4. The lowest BCUT2D eigenvalue weighted by atomic mass is 10.0. The van der Waals surface area contributed by atoms with Gasteiger partial charge in [-0.05, 0) is 24.5 Å². The molecule has 1 atom stereocenters. The van der Waals surface area contributed by atoms with Crippen molar-refractivity contribution in [2.24, 2.45) is 0 Å². The maximum Gasteiger partial charge on any atom is 0.250 e. The van der Waals surface area contributed by atoms with E-state index in [4.69, 9.17) is 0 Å². The molecule has 18 heavy (non-hydrogen) atoms. The molecule has 0 radical (unpaired) electrons. The van der Waals surface area contributed by atoms with Crippen LogP contribution in [0.25, 0.3) is 0 Å². The van der Waals surface area contributed by atoms with Gasteiger partial charge >= 0.3 is 0 Å². The van der Waals surface area contributed by atoms with E-state index in [1.807, 2.05) is 24.3 Å². The minimum absolute atomic E-state index is 0.00370. The van der Waals surface area contributed by atoms with E-state index in [-0.39, 0.29) is 24.4 Å². The summed E-state index contributed by atoms with van der Waals surface area (Å²) in [5.41, 5.74) is 0.821. The number of nitrogens with zero attached hydrogens (tertiary/aromatic N) is 1. The van der Waals surface area contributed by atoms with Crippen LogP contribution in [0.2, 0.25) is 0 Å².